The Labute approximate surface area is 337 Å². The van der Waals surface area contributed by atoms with Gasteiger partial charge in [0.15, 0.2) is 5.78 Å². The van der Waals surface area contributed by atoms with Crippen molar-refractivity contribution >= 4 is 27.3 Å². The van der Waals surface area contributed by atoms with Crippen LogP contribution in [-0.4, -0.2) is 5.78 Å². The lowest BCUT2D eigenvalue weighted by molar-refractivity contribution is 0.103. The van der Waals surface area contributed by atoms with Gasteiger partial charge < -0.3 is 0 Å². The molecule has 0 heterocycles. The third-order valence-corrected chi connectivity index (χ3v) is 14.6. The number of ketones is 1. The van der Waals surface area contributed by atoms with Crippen LogP contribution >= 0.6 is 0 Å². The molecule has 288 valence electrons. The summed E-state index contributed by atoms with van der Waals surface area (Å²) in [5.74, 6) is 0.157. The van der Waals surface area contributed by atoms with E-state index in [4.69, 9.17) is 0 Å². The largest absolute Gasteiger partial charge is 0.289 e. The van der Waals surface area contributed by atoms with Gasteiger partial charge in [-0.15, -0.1) is 0 Å². The average molecular weight is 739 g/mol. The molecule has 0 unspecified atom stereocenters. The molecule has 0 radical (unpaired) electrons. The number of aryl methyl sites for hydroxylation is 4. The van der Waals surface area contributed by atoms with Crippen LogP contribution in [0.5, 0.6) is 0 Å². The van der Waals surface area contributed by atoms with Crippen LogP contribution in [0.3, 0.4) is 0 Å². The molecule has 6 aromatic rings. The lowest BCUT2D eigenvalue weighted by Gasteiger charge is -2.42. The first-order valence-electron chi connectivity index (χ1n) is 21.3. The number of carbonyl (C=O) groups is 1. The highest BCUT2D eigenvalue weighted by molar-refractivity contribution is 6.17. The second kappa shape index (κ2) is 13.3. The summed E-state index contributed by atoms with van der Waals surface area (Å²) in [6, 6.07) is 32.6. The highest BCUT2D eigenvalue weighted by Crippen LogP contribution is 2.48. The number of benzene rings is 6. The lowest BCUT2D eigenvalue weighted by atomic mass is 9.63. The Hall–Kier alpha value is -4.49. The van der Waals surface area contributed by atoms with Crippen molar-refractivity contribution in [3.05, 3.63) is 141 Å². The molecule has 1 heteroatoms. The summed E-state index contributed by atoms with van der Waals surface area (Å²) in [6.07, 6.45) is 6.44. The monoisotopic (exact) mass is 738 g/mol. The van der Waals surface area contributed by atoms with Gasteiger partial charge in [-0.05, 0) is 174 Å². The summed E-state index contributed by atoms with van der Waals surface area (Å²) in [4.78, 5) is 15.0. The fourth-order valence-corrected chi connectivity index (χ4v) is 10.5. The van der Waals surface area contributed by atoms with Crippen molar-refractivity contribution in [3.63, 3.8) is 0 Å². The Morgan fingerprint density at radius 3 is 1.12 bits per heavy atom. The molecule has 2 aliphatic rings. The molecule has 0 N–H and O–H groups in total. The molecule has 0 saturated carbocycles. The third-order valence-electron chi connectivity index (χ3n) is 14.6. The van der Waals surface area contributed by atoms with Crippen LogP contribution in [0, 0.1) is 13.8 Å². The van der Waals surface area contributed by atoms with Crippen molar-refractivity contribution in [1.29, 1.82) is 0 Å². The molecule has 0 aromatic heterocycles. The number of hydrogen-bond acceptors (Lipinski definition) is 1. The summed E-state index contributed by atoms with van der Waals surface area (Å²) in [5.41, 5.74) is 17.9. The van der Waals surface area contributed by atoms with Crippen LogP contribution in [-0.2, 0) is 34.5 Å². The summed E-state index contributed by atoms with van der Waals surface area (Å²) < 4.78 is 0. The minimum absolute atomic E-state index is 0.157. The summed E-state index contributed by atoms with van der Waals surface area (Å²) in [6.45, 7) is 27.9. The van der Waals surface area contributed by atoms with Crippen molar-refractivity contribution < 1.29 is 4.79 Å². The standard InChI is InChI=1S/C55H62O/c1-13-35-27-41-29-37(39-17-21-45-47(31-39)54(9,10)25-23-52(45,5)6)15-19-43(41)33(3)49(35)51(56)50-34(4)44-20-16-38(30-42(44)28-36(50)14-2)40-18-22-46-48(32-40)55(11,12)26-24-53(46,7)8/h15-22,27-32H,13-14,23-26H2,1-12H3. The fourth-order valence-electron chi connectivity index (χ4n) is 10.5. The first-order valence-corrected chi connectivity index (χ1v) is 21.3. The van der Waals surface area contributed by atoms with E-state index >= 15 is 4.79 Å². The van der Waals surface area contributed by atoms with E-state index < -0.39 is 0 Å². The smallest absolute Gasteiger partial charge is 0.194 e. The first kappa shape index (κ1) is 38.4. The molecule has 0 bridgehead atoms. The van der Waals surface area contributed by atoms with E-state index in [2.05, 4.69) is 168 Å². The Morgan fingerprint density at radius 2 is 0.768 bits per heavy atom. The normalized spacial score (nSPS) is 17.8. The van der Waals surface area contributed by atoms with Crippen LogP contribution in [0.1, 0.15) is 155 Å². The minimum atomic E-state index is 0.157. The maximum atomic E-state index is 15.0. The van der Waals surface area contributed by atoms with Gasteiger partial charge in [0, 0.05) is 11.1 Å². The van der Waals surface area contributed by atoms with Crippen LogP contribution < -0.4 is 0 Å². The van der Waals surface area contributed by atoms with E-state index in [1.54, 1.807) is 0 Å². The summed E-state index contributed by atoms with van der Waals surface area (Å²) in [5, 5.41) is 4.73. The van der Waals surface area contributed by atoms with Gasteiger partial charge in [-0.3, -0.25) is 4.79 Å². The maximum absolute atomic E-state index is 15.0. The van der Waals surface area contributed by atoms with Gasteiger partial charge >= 0.3 is 0 Å². The number of fused-ring (bicyclic) bond motifs is 4. The van der Waals surface area contributed by atoms with Crippen molar-refractivity contribution in [2.75, 3.05) is 0 Å². The molecule has 0 fully saturated rings. The molecule has 2 aliphatic carbocycles. The highest BCUT2D eigenvalue weighted by atomic mass is 16.1. The van der Waals surface area contributed by atoms with Crippen molar-refractivity contribution in [3.8, 4) is 22.3 Å². The van der Waals surface area contributed by atoms with Gasteiger partial charge in [0.1, 0.15) is 0 Å². The van der Waals surface area contributed by atoms with E-state index in [1.165, 1.54) is 81.0 Å². The van der Waals surface area contributed by atoms with E-state index in [0.717, 1.165) is 57.0 Å². The molecule has 0 spiro atoms. The number of hydrogen-bond donors (Lipinski definition) is 0. The molecule has 0 amide bonds. The third kappa shape index (κ3) is 6.16. The molecule has 0 saturated heterocycles. The summed E-state index contributed by atoms with van der Waals surface area (Å²) in [7, 11) is 0. The average Bonchev–Trinajstić information content (AvgIpc) is 3.17. The Bertz CT molecular complexity index is 2410. The number of rotatable bonds is 6. The molecular formula is C55H62O. The highest BCUT2D eigenvalue weighted by Gasteiger charge is 2.38. The quantitative estimate of drug-likeness (QED) is 0.156. The van der Waals surface area contributed by atoms with E-state index in [9.17, 15) is 0 Å². The maximum Gasteiger partial charge on any atom is 0.194 e. The zero-order valence-corrected chi connectivity index (χ0v) is 36.2. The van der Waals surface area contributed by atoms with E-state index in [0.29, 0.717) is 0 Å². The number of carbonyl (C=O) groups excluding carboxylic acids is 1. The zero-order chi connectivity index (χ0) is 40.1. The lowest BCUT2D eigenvalue weighted by Crippen LogP contribution is -2.33. The van der Waals surface area contributed by atoms with Gasteiger partial charge in [-0.1, -0.05) is 142 Å². The van der Waals surface area contributed by atoms with Gasteiger partial charge in [-0.2, -0.15) is 0 Å². The molecule has 56 heavy (non-hydrogen) atoms. The Morgan fingerprint density at radius 1 is 0.446 bits per heavy atom. The second-order valence-electron chi connectivity index (χ2n) is 20.0. The molecular weight excluding hydrogens is 677 g/mol. The topological polar surface area (TPSA) is 17.1 Å². The zero-order valence-electron chi connectivity index (χ0n) is 36.2. The summed E-state index contributed by atoms with van der Waals surface area (Å²) >= 11 is 0. The van der Waals surface area contributed by atoms with Crippen molar-refractivity contribution in [2.45, 2.75) is 143 Å². The van der Waals surface area contributed by atoms with Crippen LogP contribution in [0.25, 0.3) is 43.8 Å². The molecule has 1 nitrogen and oxygen atoms in total. The van der Waals surface area contributed by atoms with E-state index in [-0.39, 0.29) is 27.4 Å². The van der Waals surface area contributed by atoms with Gasteiger partial charge in [0.25, 0.3) is 0 Å². The Balaban J connectivity index is 1.18. The van der Waals surface area contributed by atoms with Gasteiger partial charge in [-0.25, -0.2) is 0 Å². The predicted molar refractivity (Wildman–Crippen MR) is 241 cm³/mol. The van der Waals surface area contributed by atoms with Gasteiger partial charge in [0.05, 0.1) is 0 Å². The first-order chi connectivity index (χ1) is 26.4. The minimum Gasteiger partial charge on any atom is -0.289 e. The van der Waals surface area contributed by atoms with Crippen LogP contribution in [0.4, 0.5) is 0 Å². The molecule has 8 rings (SSSR count). The Kier molecular flexibility index (Phi) is 9.11. The van der Waals surface area contributed by atoms with Crippen molar-refractivity contribution in [2.24, 2.45) is 0 Å². The van der Waals surface area contributed by atoms with Crippen LogP contribution in [0.15, 0.2) is 84.9 Å². The van der Waals surface area contributed by atoms with Crippen molar-refractivity contribution in [1.82, 2.24) is 0 Å². The second-order valence-corrected chi connectivity index (χ2v) is 20.0. The van der Waals surface area contributed by atoms with E-state index in [1.807, 2.05) is 0 Å². The molecule has 6 aromatic carbocycles. The predicted octanol–water partition coefficient (Wildman–Crippen LogP) is 15.0. The fraction of sp³-hybridized carbons (Fsp3) is 0.400. The molecule has 0 atom stereocenters. The van der Waals surface area contributed by atoms with Crippen LogP contribution in [0.2, 0.25) is 0 Å². The van der Waals surface area contributed by atoms with Gasteiger partial charge in [0.2, 0.25) is 0 Å². The molecule has 0 aliphatic heterocycles. The SMILES string of the molecule is CCc1cc2cc(-c3ccc4c(c3)C(C)(C)CCC4(C)C)ccc2c(C)c1C(=O)c1c(CC)cc2cc(-c3ccc4c(c3)C(C)(C)CCC4(C)C)ccc2c1C.